The van der Waals surface area contributed by atoms with Gasteiger partial charge in [0.05, 0.1) is 18.8 Å². The maximum Gasteiger partial charge on any atom is 0.276 e. The van der Waals surface area contributed by atoms with Crippen LogP contribution in [0, 0.1) is 0 Å². The van der Waals surface area contributed by atoms with Crippen LogP contribution in [0.2, 0.25) is 0 Å². The highest BCUT2D eigenvalue weighted by molar-refractivity contribution is 5.92. The van der Waals surface area contributed by atoms with Crippen molar-refractivity contribution >= 4 is 5.91 Å². The molecule has 1 aromatic heterocycles. The monoisotopic (exact) mass is 397 g/mol. The predicted molar refractivity (Wildman–Crippen MR) is 106 cm³/mol. The molecule has 8 heteroatoms. The van der Waals surface area contributed by atoms with Crippen LogP contribution in [0.15, 0.2) is 18.3 Å². The summed E-state index contributed by atoms with van der Waals surface area (Å²) in [5.41, 5.74) is 8.42. The number of amides is 1. The summed E-state index contributed by atoms with van der Waals surface area (Å²) in [6.45, 7) is 4.92. The fourth-order valence-electron chi connectivity index (χ4n) is 5.14. The number of hydrogen-bond donors (Lipinski definition) is 1. The third kappa shape index (κ3) is 2.97. The second-order valence-corrected chi connectivity index (χ2v) is 8.34. The first-order chi connectivity index (χ1) is 14.1. The normalized spacial score (nSPS) is 22.0. The van der Waals surface area contributed by atoms with Crippen LogP contribution in [0.4, 0.5) is 0 Å². The summed E-state index contributed by atoms with van der Waals surface area (Å²) in [7, 11) is 0. The molecule has 154 valence electrons. The molecule has 8 nitrogen and oxygen atoms in total. The Balaban J connectivity index is 1.55. The molecule has 3 aliphatic rings. The van der Waals surface area contributed by atoms with Gasteiger partial charge >= 0.3 is 0 Å². The van der Waals surface area contributed by atoms with Crippen molar-refractivity contribution in [1.82, 2.24) is 19.9 Å². The van der Waals surface area contributed by atoms with Crippen LogP contribution in [-0.2, 0) is 12.0 Å². The van der Waals surface area contributed by atoms with Gasteiger partial charge in [-0.2, -0.15) is 0 Å². The van der Waals surface area contributed by atoms with Gasteiger partial charge in [0.1, 0.15) is 13.2 Å². The first-order valence-electron chi connectivity index (χ1n) is 10.5. The van der Waals surface area contributed by atoms with Gasteiger partial charge in [-0.3, -0.25) is 9.48 Å². The second-order valence-electron chi connectivity index (χ2n) is 8.34. The van der Waals surface area contributed by atoms with Crippen molar-refractivity contribution < 1.29 is 14.3 Å². The number of ether oxygens (including phenoxy) is 2. The highest BCUT2D eigenvalue weighted by Crippen LogP contribution is 2.52. The predicted octanol–water partition coefficient (Wildman–Crippen LogP) is 2.04. The minimum atomic E-state index is -0.0763. The van der Waals surface area contributed by atoms with E-state index >= 15 is 0 Å². The molecular weight excluding hydrogens is 370 g/mol. The molecule has 2 aliphatic heterocycles. The van der Waals surface area contributed by atoms with Crippen LogP contribution < -0.4 is 15.2 Å². The van der Waals surface area contributed by atoms with Gasteiger partial charge < -0.3 is 20.1 Å². The van der Waals surface area contributed by atoms with Gasteiger partial charge in [-0.25, -0.2) is 0 Å². The highest BCUT2D eigenvalue weighted by Gasteiger charge is 2.46. The summed E-state index contributed by atoms with van der Waals surface area (Å²) in [6, 6.07) is 4.18. The van der Waals surface area contributed by atoms with Crippen LogP contribution in [0.5, 0.6) is 11.5 Å². The molecular formula is C21H27N5O3. The Bertz CT molecular complexity index is 934. The number of fused-ring (bicyclic) bond motifs is 3. The van der Waals surface area contributed by atoms with Crippen LogP contribution in [0.1, 0.15) is 60.3 Å². The van der Waals surface area contributed by atoms with Gasteiger partial charge in [0.25, 0.3) is 5.91 Å². The molecule has 1 saturated carbocycles. The lowest BCUT2D eigenvalue weighted by Gasteiger charge is -2.46. The number of nitrogens with zero attached hydrogens (tertiary/aromatic N) is 4. The third-order valence-corrected chi connectivity index (χ3v) is 6.61. The minimum Gasteiger partial charge on any atom is -0.486 e. The van der Waals surface area contributed by atoms with E-state index in [-0.39, 0.29) is 17.4 Å². The maximum atomic E-state index is 13.4. The zero-order valence-corrected chi connectivity index (χ0v) is 16.8. The molecule has 29 heavy (non-hydrogen) atoms. The van der Waals surface area contributed by atoms with Crippen molar-refractivity contribution in [3.8, 4) is 11.5 Å². The van der Waals surface area contributed by atoms with Crippen LogP contribution >= 0.6 is 0 Å². The van der Waals surface area contributed by atoms with Gasteiger partial charge in [-0.1, -0.05) is 18.1 Å². The van der Waals surface area contributed by atoms with E-state index in [9.17, 15) is 4.79 Å². The van der Waals surface area contributed by atoms with E-state index in [0.717, 1.165) is 29.9 Å². The molecule has 0 radical (unpaired) electrons. The lowest BCUT2D eigenvalue weighted by Crippen LogP contribution is -2.48. The third-order valence-electron chi connectivity index (χ3n) is 6.61. The average Bonchev–Trinajstić information content (AvgIpc) is 3.40. The number of nitrogens with two attached hydrogens (primary N) is 1. The molecule has 1 aromatic carbocycles. The average molecular weight is 397 g/mol. The van der Waals surface area contributed by atoms with Gasteiger partial charge in [0.15, 0.2) is 17.2 Å². The Morgan fingerprint density at radius 1 is 1.24 bits per heavy atom. The van der Waals surface area contributed by atoms with E-state index in [2.05, 4.69) is 29.4 Å². The Kier molecular flexibility index (Phi) is 4.46. The number of carbonyl (C=O) groups is 1. The summed E-state index contributed by atoms with van der Waals surface area (Å²) in [5, 5.41) is 8.15. The van der Waals surface area contributed by atoms with Gasteiger partial charge in [-0.15, -0.1) is 5.10 Å². The minimum absolute atomic E-state index is 0.0272. The zero-order valence-electron chi connectivity index (χ0n) is 16.8. The van der Waals surface area contributed by atoms with E-state index in [1.54, 1.807) is 10.9 Å². The van der Waals surface area contributed by atoms with E-state index in [1.165, 1.54) is 18.4 Å². The Labute approximate surface area is 169 Å². The SMILES string of the molecule is CC1c2cc3c(cc2C2(CCCC2)CN1C(=O)c1cn(CCN)nn1)OCCO3. The van der Waals surface area contributed by atoms with Crippen LogP contribution in [0.25, 0.3) is 0 Å². The van der Waals surface area contributed by atoms with Crippen LogP contribution in [0.3, 0.4) is 0 Å². The number of benzene rings is 1. The lowest BCUT2D eigenvalue weighted by atomic mass is 9.71. The van der Waals surface area contributed by atoms with Crippen molar-refractivity contribution in [1.29, 1.82) is 0 Å². The summed E-state index contributed by atoms with van der Waals surface area (Å²) in [4.78, 5) is 15.3. The number of rotatable bonds is 3. The van der Waals surface area contributed by atoms with Gasteiger partial charge in [0.2, 0.25) is 0 Å². The number of carbonyl (C=O) groups excluding carboxylic acids is 1. The number of hydrogen-bond acceptors (Lipinski definition) is 6. The maximum absolute atomic E-state index is 13.4. The van der Waals surface area contributed by atoms with Crippen molar-refractivity contribution in [2.75, 3.05) is 26.3 Å². The first kappa shape index (κ1) is 18.4. The fraction of sp³-hybridized carbons (Fsp3) is 0.571. The second kappa shape index (κ2) is 7.02. The topological polar surface area (TPSA) is 95.5 Å². The molecule has 0 bridgehead atoms. The van der Waals surface area contributed by atoms with Crippen molar-refractivity contribution in [3.63, 3.8) is 0 Å². The summed E-state index contributed by atoms with van der Waals surface area (Å²) in [5.74, 6) is 1.53. The quantitative estimate of drug-likeness (QED) is 0.852. The van der Waals surface area contributed by atoms with E-state index in [0.29, 0.717) is 38.5 Å². The Morgan fingerprint density at radius 3 is 2.69 bits per heavy atom. The number of aromatic nitrogens is 3. The van der Waals surface area contributed by atoms with E-state index in [4.69, 9.17) is 15.2 Å². The molecule has 3 heterocycles. The lowest BCUT2D eigenvalue weighted by molar-refractivity contribution is 0.0587. The molecule has 1 unspecified atom stereocenters. The summed E-state index contributed by atoms with van der Waals surface area (Å²) >= 11 is 0. The van der Waals surface area contributed by atoms with Crippen LogP contribution in [-0.4, -0.2) is 52.1 Å². The molecule has 1 amide bonds. The van der Waals surface area contributed by atoms with Gasteiger partial charge in [-0.05, 0) is 43.0 Å². The molecule has 5 rings (SSSR count). The van der Waals surface area contributed by atoms with Crippen molar-refractivity contribution in [2.45, 2.75) is 50.6 Å². The Morgan fingerprint density at radius 2 is 1.97 bits per heavy atom. The Hall–Kier alpha value is -2.61. The van der Waals surface area contributed by atoms with Crippen molar-refractivity contribution in [3.05, 3.63) is 35.2 Å². The van der Waals surface area contributed by atoms with E-state index < -0.39 is 0 Å². The zero-order chi connectivity index (χ0) is 20.0. The summed E-state index contributed by atoms with van der Waals surface area (Å²) in [6.07, 6.45) is 6.21. The molecule has 1 fully saturated rings. The van der Waals surface area contributed by atoms with E-state index in [1.807, 2.05) is 4.90 Å². The molecule has 1 spiro atoms. The largest absolute Gasteiger partial charge is 0.486 e. The summed E-state index contributed by atoms with van der Waals surface area (Å²) < 4.78 is 13.3. The molecule has 2 aromatic rings. The highest BCUT2D eigenvalue weighted by atomic mass is 16.6. The van der Waals surface area contributed by atoms with Gasteiger partial charge in [0, 0.05) is 18.5 Å². The first-order valence-corrected chi connectivity index (χ1v) is 10.5. The smallest absolute Gasteiger partial charge is 0.276 e. The molecule has 0 saturated heterocycles. The van der Waals surface area contributed by atoms with Crippen molar-refractivity contribution in [2.24, 2.45) is 5.73 Å². The molecule has 2 N–H and O–H groups in total. The molecule has 1 atom stereocenters. The molecule has 1 aliphatic carbocycles. The fourth-order valence-corrected chi connectivity index (χ4v) is 5.14. The standard InChI is InChI=1S/C21H27N5O3/c1-14-15-10-18-19(29-9-8-28-18)11-16(15)21(4-2-3-5-21)13-26(14)20(27)17-12-25(7-6-22)24-23-17/h10-12,14H,2-9,13,22H2,1H3.